The number of hydrogen-bond acceptors (Lipinski definition) is 3. The molecule has 0 spiro atoms. The lowest BCUT2D eigenvalue weighted by Crippen LogP contribution is -2.23. The number of alkyl halides is 1. The summed E-state index contributed by atoms with van der Waals surface area (Å²) in [6.45, 7) is 4.04. The molecule has 0 amide bonds. The van der Waals surface area contributed by atoms with E-state index in [9.17, 15) is 4.79 Å². The van der Waals surface area contributed by atoms with Gasteiger partial charge in [-0.1, -0.05) is 13.8 Å². The number of hydrogen-bond donors (Lipinski definition) is 0. The Morgan fingerprint density at radius 3 is 2.77 bits per heavy atom. The van der Waals surface area contributed by atoms with E-state index in [0.29, 0.717) is 11.5 Å². The van der Waals surface area contributed by atoms with Crippen molar-refractivity contribution in [1.82, 2.24) is 0 Å². The Kier molecular flexibility index (Phi) is 1.80. The normalized spacial score (nSPS) is 25.6. The van der Waals surface area contributed by atoms with Crippen molar-refractivity contribution in [1.29, 1.82) is 0 Å². The van der Waals surface area contributed by atoms with Gasteiger partial charge >= 0.3 is 5.82 Å². The van der Waals surface area contributed by atoms with E-state index in [1.807, 2.05) is 13.8 Å². The molecule has 0 saturated carbocycles. The smallest absolute Gasteiger partial charge is 0.395 e. The van der Waals surface area contributed by atoms with E-state index in [1.54, 1.807) is 0 Å². The minimum absolute atomic E-state index is 0.132. The van der Waals surface area contributed by atoms with Crippen molar-refractivity contribution in [2.24, 2.45) is 0 Å². The lowest BCUT2D eigenvalue weighted by molar-refractivity contribution is 0.320. The van der Waals surface area contributed by atoms with Gasteiger partial charge < -0.3 is 8.83 Å². The summed E-state index contributed by atoms with van der Waals surface area (Å²) in [6.07, 6.45) is 1.74. The summed E-state index contributed by atoms with van der Waals surface area (Å²) in [5.41, 5.74) is -0.132. The minimum Gasteiger partial charge on any atom is -0.395 e. The molecule has 1 aliphatic rings. The summed E-state index contributed by atoms with van der Waals surface area (Å²) in [7, 11) is 0. The lowest BCUT2D eigenvalue weighted by Gasteiger charge is -2.28. The standard InChI is InChI=1S/C9H11ClO3/c1-9(2)4-3-5(10)6-7(9)13-8(11)12-6/h5H,3-4H2,1-2H3. The highest BCUT2D eigenvalue weighted by atomic mass is 35.5. The molecule has 1 heterocycles. The van der Waals surface area contributed by atoms with Gasteiger partial charge in [0.1, 0.15) is 0 Å². The van der Waals surface area contributed by atoms with Gasteiger partial charge in [0.15, 0.2) is 11.5 Å². The molecule has 0 aromatic carbocycles. The van der Waals surface area contributed by atoms with Crippen molar-refractivity contribution in [2.45, 2.75) is 37.5 Å². The Labute approximate surface area is 80.7 Å². The zero-order valence-electron chi connectivity index (χ0n) is 7.59. The third-order valence-corrected chi connectivity index (χ3v) is 2.94. The maximum atomic E-state index is 10.9. The van der Waals surface area contributed by atoms with E-state index in [1.165, 1.54) is 0 Å². The summed E-state index contributed by atoms with van der Waals surface area (Å²) in [5.74, 6) is 0.484. The summed E-state index contributed by atoms with van der Waals surface area (Å²) in [6, 6.07) is 0. The molecule has 1 unspecified atom stereocenters. The Morgan fingerprint density at radius 2 is 2.15 bits per heavy atom. The van der Waals surface area contributed by atoms with Gasteiger partial charge in [-0.05, 0) is 12.8 Å². The van der Waals surface area contributed by atoms with Gasteiger partial charge in [-0.2, -0.15) is 0 Å². The molecule has 0 fully saturated rings. The zero-order valence-corrected chi connectivity index (χ0v) is 8.35. The second kappa shape index (κ2) is 2.64. The van der Waals surface area contributed by atoms with Gasteiger partial charge in [-0.25, -0.2) is 4.79 Å². The Hall–Kier alpha value is -0.700. The summed E-state index contributed by atoms with van der Waals surface area (Å²) < 4.78 is 9.88. The highest BCUT2D eigenvalue weighted by molar-refractivity contribution is 6.20. The van der Waals surface area contributed by atoms with Crippen molar-refractivity contribution >= 4 is 11.6 Å². The highest BCUT2D eigenvalue weighted by Crippen LogP contribution is 2.43. The van der Waals surface area contributed by atoms with E-state index >= 15 is 0 Å². The predicted octanol–water partition coefficient (Wildman–Crippen LogP) is 2.58. The fraction of sp³-hybridized carbons (Fsp3) is 0.667. The molecule has 0 aliphatic heterocycles. The molecule has 4 heteroatoms. The van der Waals surface area contributed by atoms with E-state index in [-0.39, 0.29) is 10.8 Å². The summed E-state index contributed by atoms with van der Waals surface area (Å²) >= 11 is 6.00. The van der Waals surface area contributed by atoms with Gasteiger partial charge in [0.25, 0.3) is 0 Å². The average molecular weight is 203 g/mol. The van der Waals surface area contributed by atoms with Gasteiger partial charge in [0, 0.05) is 5.41 Å². The molecule has 72 valence electrons. The fourth-order valence-electron chi connectivity index (χ4n) is 1.70. The van der Waals surface area contributed by atoms with Crippen LogP contribution in [-0.2, 0) is 5.41 Å². The molecule has 1 aromatic heterocycles. The molecule has 0 N–H and O–H groups in total. The maximum absolute atomic E-state index is 10.9. The molecule has 2 rings (SSSR count). The van der Waals surface area contributed by atoms with Gasteiger partial charge in [0.2, 0.25) is 0 Å². The van der Waals surface area contributed by atoms with E-state index in [4.69, 9.17) is 20.4 Å². The third-order valence-electron chi connectivity index (χ3n) is 2.52. The van der Waals surface area contributed by atoms with Crippen LogP contribution in [0.5, 0.6) is 0 Å². The molecule has 13 heavy (non-hydrogen) atoms. The Bertz CT molecular complexity index is 374. The third kappa shape index (κ3) is 1.31. The van der Waals surface area contributed by atoms with Crippen LogP contribution in [-0.4, -0.2) is 0 Å². The van der Waals surface area contributed by atoms with Crippen molar-refractivity contribution in [3.8, 4) is 0 Å². The first-order valence-corrected chi connectivity index (χ1v) is 4.73. The lowest BCUT2D eigenvalue weighted by atomic mass is 9.79. The molecular formula is C9H11ClO3. The van der Waals surface area contributed by atoms with E-state index < -0.39 is 5.82 Å². The largest absolute Gasteiger partial charge is 0.519 e. The second-order valence-corrected chi connectivity index (χ2v) is 4.56. The first kappa shape index (κ1) is 8.88. The molecule has 0 bridgehead atoms. The minimum atomic E-state index is -0.648. The van der Waals surface area contributed by atoms with Crippen LogP contribution < -0.4 is 5.82 Å². The molecule has 1 aromatic rings. The molecule has 0 saturated heterocycles. The van der Waals surface area contributed by atoms with E-state index in [2.05, 4.69) is 0 Å². The predicted molar refractivity (Wildman–Crippen MR) is 48.1 cm³/mol. The van der Waals surface area contributed by atoms with Crippen molar-refractivity contribution in [2.75, 3.05) is 0 Å². The van der Waals surface area contributed by atoms with Crippen LogP contribution in [0, 0.1) is 0 Å². The van der Waals surface area contributed by atoms with Crippen LogP contribution in [0.1, 0.15) is 43.6 Å². The molecule has 3 nitrogen and oxygen atoms in total. The quantitative estimate of drug-likeness (QED) is 0.608. The number of halogens is 1. The molecule has 1 aliphatic carbocycles. The summed E-state index contributed by atoms with van der Waals surface area (Å²) in [5, 5.41) is -0.213. The van der Waals surface area contributed by atoms with Crippen LogP contribution in [0.15, 0.2) is 13.6 Å². The highest BCUT2D eigenvalue weighted by Gasteiger charge is 2.38. The first-order valence-electron chi connectivity index (χ1n) is 4.29. The summed E-state index contributed by atoms with van der Waals surface area (Å²) in [4.78, 5) is 10.9. The van der Waals surface area contributed by atoms with Crippen molar-refractivity contribution in [3.63, 3.8) is 0 Å². The van der Waals surface area contributed by atoms with Gasteiger partial charge in [-0.3, -0.25) is 0 Å². The van der Waals surface area contributed by atoms with Crippen LogP contribution >= 0.6 is 11.6 Å². The molecule has 0 radical (unpaired) electrons. The Balaban J connectivity index is 2.60. The van der Waals surface area contributed by atoms with E-state index in [0.717, 1.165) is 12.8 Å². The topological polar surface area (TPSA) is 43.4 Å². The second-order valence-electron chi connectivity index (χ2n) is 4.04. The molecular weight excluding hydrogens is 192 g/mol. The van der Waals surface area contributed by atoms with Gasteiger partial charge in [-0.15, -0.1) is 11.6 Å². The fourth-order valence-corrected chi connectivity index (χ4v) is 1.95. The monoisotopic (exact) mass is 202 g/mol. The Morgan fingerprint density at radius 1 is 1.46 bits per heavy atom. The van der Waals surface area contributed by atoms with Crippen LogP contribution in [0.3, 0.4) is 0 Å². The van der Waals surface area contributed by atoms with Crippen LogP contribution in [0.2, 0.25) is 0 Å². The SMILES string of the molecule is CC1(C)CCC(Cl)c2oc(=O)oc21. The number of fused-ring (bicyclic) bond motifs is 1. The first-order chi connectivity index (χ1) is 6.00. The van der Waals surface area contributed by atoms with Crippen molar-refractivity contribution < 1.29 is 8.83 Å². The van der Waals surface area contributed by atoms with Crippen molar-refractivity contribution in [3.05, 3.63) is 22.1 Å². The molecule has 1 atom stereocenters. The average Bonchev–Trinajstić information content (AvgIpc) is 2.42. The van der Waals surface area contributed by atoms with Gasteiger partial charge in [0.05, 0.1) is 5.38 Å². The van der Waals surface area contributed by atoms with Crippen LogP contribution in [0.4, 0.5) is 0 Å². The van der Waals surface area contributed by atoms with Crippen LogP contribution in [0.25, 0.3) is 0 Å². The maximum Gasteiger partial charge on any atom is 0.519 e. The number of rotatable bonds is 0. The zero-order chi connectivity index (χ0) is 9.64.